The molecule has 0 atom stereocenters. The van der Waals surface area contributed by atoms with Gasteiger partial charge in [0.15, 0.2) is 0 Å². The molecule has 1 aromatic rings. The molecular formula is C19H30N4O6S. The average molecular weight is 443 g/mol. The van der Waals surface area contributed by atoms with E-state index in [1.807, 2.05) is 9.80 Å². The van der Waals surface area contributed by atoms with Gasteiger partial charge in [0.1, 0.15) is 0 Å². The Balaban J connectivity index is 2.00. The fourth-order valence-electron chi connectivity index (χ4n) is 3.12. The number of carboxylic acid groups (broad SMARTS) is 1. The third kappa shape index (κ3) is 7.15. The quantitative estimate of drug-likeness (QED) is 0.421. The summed E-state index contributed by atoms with van der Waals surface area (Å²) in [7, 11) is -1.94. The molecule has 0 radical (unpaired) electrons. The Labute approximate surface area is 177 Å². The van der Waals surface area contributed by atoms with Gasteiger partial charge in [-0.15, -0.1) is 0 Å². The summed E-state index contributed by atoms with van der Waals surface area (Å²) in [5, 5.41) is 12.1. The molecule has 10 nitrogen and oxygen atoms in total. The second kappa shape index (κ2) is 11.1. The van der Waals surface area contributed by atoms with Gasteiger partial charge in [-0.05, 0) is 31.5 Å². The van der Waals surface area contributed by atoms with Crippen molar-refractivity contribution in [2.24, 2.45) is 0 Å². The third-order valence-corrected chi connectivity index (χ3v) is 6.11. The van der Waals surface area contributed by atoms with Gasteiger partial charge in [-0.2, -0.15) is 0 Å². The monoisotopic (exact) mass is 442 g/mol. The van der Waals surface area contributed by atoms with Gasteiger partial charge in [0.25, 0.3) is 0 Å². The van der Waals surface area contributed by atoms with E-state index in [1.54, 1.807) is 13.2 Å². The van der Waals surface area contributed by atoms with E-state index in [0.29, 0.717) is 51.6 Å². The lowest BCUT2D eigenvalue weighted by Crippen LogP contribution is -2.49. The molecule has 1 aromatic carbocycles. The SMILES string of the molecule is CCS(=O)(=O)Nc1cc(C(=O)O)ccc1N1CCN(CC(=O)NCCCOC)CC1. The minimum atomic E-state index is -3.56. The fourth-order valence-corrected chi connectivity index (χ4v) is 3.76. The molecule has 0 aromatic heterocycles. The Bertz CT molecular complexity index is 837. The van der Waals surface area contributed by atoms with Gasteiger partial charge in [-0.25, -0.2) is 13.2 Å². The van der Waals surface area contributed by atoms with Crippen molar-refractivity contribution in [3.8, 4) is 0 Å². The molecule has 1 aliphatic heterocycles. The van der Waals surface area contributed by atoms with Crippen LogP contribution in [0.2, 0.25) is 0 Å². The number of carbonyl (C=O) groups excluding carboxylic acids is 1. The van der Waals surface area contributed by atoms with E-state index in [-0.39, 0.29) is 22.9 Å². The second-order valence-electron chi connectivity index (χ2n) is 7.00. The van der Waals surface area contributed by atoms with Crippen LogP contribution in [0.15, 0.2) is 18.2 Å². The van der Waals surface area contributed by atoms with Crippen LogP contribution in [-0.2, 0) is 19.6 Å². The van der Waals surface area contributed by atoms with E-state index in [4.69, 9.17) is 4.74 Å². The van der Waals surface area contributed by atoms with Crippen molar-refractivity contribution < 1.29 is 27.9 Å². The highest BCUT2D eigenvalue weighted by Gasteiger charge is 2.23. The zero-order valence-electron chi connectivity index (χ0n) is 17.4. The van der Waals surface area contributed by atoms with Gasteiger partial charge in [0, 0.05) is 46.4 Å². The van der Waals surface area contributed by atoms with Crippen molar-refractivity contribution in [3.63, 3.8) is 0 Å². The largest absolute Gasteiger partial charge is 0.478 e. The molecule has 0 saturated carbocycles. The summed E-state index contributed by atoms with van der Waals surface area (Å²) < 4.78 is 31.5. The van der Waals surface area contributed by atoms with Crippen LogP contribution in [0.3, 0.4) is 0 Å². The van der Waals surface area contributed by atoms with Crippen molar-refractivity contribution in [2.75, 3.05) is 68.4 Å². The summed E-state index contributed by atoms with van der Waals surface area (Å²) in [6.07, 6.45) is 0.763. The molecule has 1 fully saturated rings. The number of aromatic carboxylic acids is 1. The molecule has 0 bridgehead atoms. The Hall–Kier alpha value is -2.37. The van der Waals surface area contributed by atoms with Crippen molar-refractivity contribution >= 4 is 33.3 Å². The van der Waals surface area contributed by atoms with Crippen LogP contribution in [0, 0.1) is 0 Å². The summed E-state index contributed by atoms with van der Waals surface area (Å²) in [5.74, 6) is -1.28. The molecular weight excluding hydrogens is 412 g/mol. The van der Waals surface area contributed by atoms with Gasteiger partial charge in [0.05, 0.1) is 29.2 Å². The second-order valence-corrected chi connectivity index (χ2v) is 9.01. The van der Waals surface area contributed by atoms with Crippen molar-refractivity contribution in [2.45, 2.75) is 13.3 Å². The first kappa shape index (κ1) is 23.9. The molecule has 0 aliphatic carbocycles. The lowest BCUT2D eigenvalue weighted by molar-refractivity contribution is -0.122. The van der Waals surface area contributed by atoms with Crippen LogP contribution in [-0.4, -0.2) is 89.0 Å². The summed E-state index contributed by atoms with van der Waals surface area (Å²) in [4.78, 5) is 27.3. The molecule has 3 N–H and O–H groups in total. The molecule has 0 unspecified atom stereocenters. The highest BCUT2D eigenvalue weighted by Crippen LogP contribution is 2.29. The van der Waals surface area contributed by atoms with Gasteiger partial charge >= 0.3 is 5.97 Å². The number of anilines is 2. The molecule has 1 aliphatic rings. The maximum atomic E-state index is 12.0. The van der Waals surface area contributed by atoms with E-state index in [0.717, 1.165) is 6.42 Å². The predicted molar refractivity (Wildman–Crippen MR) is 115 cm³/mol. The molecule has 1 amide bonds. The first-order chi connectivity index (χ1) is 14.3. The summed E-state index contributed by atoms with van der Waals surface area (Å²) in [5.41, 5.74) is 0.887. The number of nitrogens with zero attached hydrogens (tertiary/aromatic N) is 2. The summed E-state index contributed by atoms with van der Waals surface area (Å²) in [6.45, 7) is 5.43. The van der Waals surface area contributed by atoms with Crippen LogP contribution in [0.5, 0.6) is 0 Å². The van der Waals surface area contributed by atoms with E-state index in [1.165, 1.54) is 19.1 Å². The van der Waals surface area contributed by atoms with Crippen molar-refractivity contribution in [1.82, 2.24) is 10.2 Å². The Morgan fingerprint density at radius 3 is 2.50 bits per heavy atom. The number of rotatable bonds is 11. The van der Waals surface area contributed by atoms with E-state index in [9.17, 15) is 23.1 Å². The number of benzene rings is 1. The zero-order chi connectivity index (χ0) is 22.1. The summed E-state index contributed by atoms with van der Waals surface area (Å²) >= 11 is 0. The molecule has 168 valence electrons. The number of piperazine rings is 1. The van der Waals surface area contributed by atoms with Crippen molar-refractivity contribution in [3.05, 3.63) is 23.8 Å². The third-order valence-electron chi connectivity index (χ3n) is 4.82. The van der Waals surface area contributed by atoms with E-state index < -0.39 is 16.0 Å². The number of carboxylic acids is 1. The Kier molecular flexibility index (Phi) is 8.88. The minimum absolute atomic E-state index is 0.0105. The predicted octanol–water partition coefficient (Wildman–Crippen LogP) is 0.421. The first-order valence-corrected chi connectivity index (χ1v) is 11.5. The average Bonchev–Trinajstić information content (AvgIpc) is 2.71. The van der Waals surface area contributed by atoms with E-state index in [2.05, 4.69) is 10.0 Å². The normalized spacial score (nSPS) is 15.1. The minimum Gasteiger partial charge on any atom is -0.478 e. The Morgan fingerprint density at radius 1 is 1.20 bits per heavy atom. The molecule has 30 heavy (non-hydrogen) atoms. The molecule has 2 rings (SSSR count). The highest BCUT2D eigenvalue weighted by atomic mass is 32.2. The maximum Gasteiger partial charge on any atom is 0.335 e. The van der Waals surface area contributed by atoms with Crippen LogP contribution in [0.4, 0.5) is 11.4 Å². The van der Waals surface area contributed by atoms with Crippen LogP contribution in [0.1, 0.15) is 23.7 Å². The van der Waals surface area contributed by atoms with Gasteiger partial charge in [-0.3, -0.25) is 14.4 Å². The van der Waals surface area contributed by atoms with Crippen LogP contribution < -0.4 is 14.9 Å². The van der Waals surface area contributed by atoms with Gasteiger partial charge < -0.3 is 20.1 Å². The number of ether oxygens (including phenoxy) is 1. The Morgan fingerprint density at radius 2 is 1.90 bits per heavy atom. The lowest BCUT2D eigenvalue weighted by Gasteiger charge is -2.36. The summed E-state index contributed by atoms with van der Waals surface area (Å²) in [6, 6.07) is 4.42. The molecule has 0 spiro atoms. The number of hydrogen-bond acceptors (Lipinski definition) is 7. The number of nitrogens with one attached hydrogen (secondary N) is 2. The standard InChI is InChI=1S/C19H30N4O6S/c1-3-30(27,28)21-16-13-15(19(25)26)5-6-17(16)23-10-8-22(9-11-23)14-18(24)20-7-4-12-29-2/h5-6,13,21H,3-4,7-12,14H2,1-2H3,(H,20,24)(H,25,26). The number of hydrogen-bond donors (Lipinski definition) is 3. The molecule has 1 heterocycles. The highest BCUT2D eigenvalue weighted by molar-refractivity contribution is 7.92. The molecule has 11 heteroatoms. The van der Waals surface area contributed by atoms with E-state index >= 15 is 0 Å². The number of methoxy groups -OCH3 is 1. The number of amides is 1. The van der Waals surface area contributed by atoms with Crippen LogP contribution >= 0.6 is 0 Å². The molecule has 1 saturated heterocycles. The smallest absolute Gasteiger partial charge is 0.335 e. The number of sulfonamides is 1. The first-order valence-electron chi connectivity index (χ1n) is 9.86. The van der Waals surface area contributed by atoms with Crippen molar-refractivity contribution in [1.29, 1.82) is 0 Å². The lowest BCUT2D eigenvalue weighted by atomic mass is 10.1. The van der Waals surface area contributed by atoms with Gasteiger partial charge in [0.2, 0.25) is 15.9 Å². The topological polar surface area (TPSA) is 128 Å². The fraction of sp³-hybridized carbons (Fsp3) is 0.579. The maximum absolute atomic E-state index is 12.0. The van der Waals surface area contributed by atoms with Gasteiger partial charge in [-0.1, -0.05) is 0 Å². The number of carbonyl (C=O) groups is 2. The van der Waals surface area contributed by atoms with Crippen LogP contribution in [0.25, 0.3) is 0 Å². The zero-order valence-corrected chi connectivity index (χ0v) is 18.2.